The van der Waals surface area contributed by atoms with Crippen molar-refractivity contribution >= 4 is 23.4 Å². The zero-order valence-corrected chi connectivity index (χ0v) is 10.8. The zero-order chi connectivity index (χ0) is 12.8. The molecule has 0 aliphatic carbocycles. The molecule has 1 amide bonds. The Morgan fingerprint density at radius 3 is 2.82 bits per heavy atom. The Hall–Kier alpha value is -1.23. The van der Waals surface area contributed by atoms with Crippen LogP contribution in [0.15, 0.2) is 18.2 Å². The molecule has 0 radical (unpaired) electrons. The van der Waals surface area contributed by atoms with Gasteiger partial charge in [-0.05, 0) is 30.9 Å². The first-order valence-corrected chi connectivity index (χ1v) is 6.82. The van der Waals surface area contributed by atoms with Crippen molar-refractivity contribution in [3.8, 4) is 0 Å². The van der Waals surface area contributed by atoms with Crippen molar-refractivity contribution in [3.63, 3.8) is 0 Å². The number of nitrogen functional groups attached to an aromatic ring is 1. The average molecular weight is 256 g/mol. The van der Waals surface area contributed by atoms with Gasteiger partial charge in [0, 0.05) is 17.4 Å². The predicted molar refractivity (Wildman–Crippen MR) is 70.7 cm³/mol. The van der Waals surface area contributed by atoms with E-state index in [1.165, 1.54) is 12.1 Å². The Morgan fingerprint density at radius 1 is 1.59 bits per heavy atom. The number of nitrogens with two attached hydrogens (primary N) is 1. The third-order valence-electron chi connectivity index (χ3n) is 2.46. The van der Waals surface area contributed by atoms with Gasteiger partial charge in [-0.2, -0.15) is 11.8 Å². The Labute approximate surface area is 105 Å². The molecule has 1 unspecified atom stereocenters. The quantitative estimate of drug-likeness (QED) is 0.795. The maximum absolute atomic E-state index is 13.2. The van der Waals surface area contributed by atoms with Crippen LogP contribution in [0.25, 0.3) is 0 Å². The molecule has 0 fully saturated rings. The molecule has 0 aliphatic rings. The van der Waals surface area contributed by atoms with Gasteiger partial charge in [-0.15, -0.1) is 0 Å². The van der Waals surface area contributed by atoms with E-state index >= 15 is 0 Å². The highest BCUT2D eigenvalue weighted by Crippen LogP contribution is 2.12. The van der Waals surface area contributed by atoms with Crippen LogP contribution in [0.3, 0.4) is 0 Å². The maximum atomic E-state index is 13.2. The van der Waals surface area contributed by atoms with Gasteiger partial charge in [0.25, 0.3) is 5.91 Å². The summed E-state index contributed by atoms with van der Waals surface area (Å²) in [5.74, 6) is 0.0278. The summed E-state index contributed by atoms with van der Waals surface area (Å²) in [6, 6.07) is 4.20. The molecule has 17 heavy (non-hydrogen) atoms. The molecule has 94 valence electrons. The fourth-order valence-electron chi connectivity index (χ4n) is 1.40. The molecule has 1 rings (SSSR count). The van der Waals surface area contributed by atoms with Gasteiger partial charge in [0.2, 0.25) is 0 Å². The molecule has 0 aliphatic heterocycles. The van der Waals surface area contributed by atoms with Crippen LogP contribution in [0, 0.1) is 5.82 Å². The first-order valence-electron chi connectivity index (χ1n) is 5.43. The minimum atomic E-state index is -0.560. The summed E-state index contributed by atoms with van der Waals surface area (Å²) in [5, 5.41) is 2.86. The monoisotopic (exact) mass is 256 g/mol. The summed E-state index contributed by atoms with van der Waals surface area (Å²) in [6.07, 6.45) is 2.84. The minimum absolute atomic E-state index is 0.0534. The Bertz CT molecular complexity index is 398. The lowest BCUT2D eigenvalue weighted by Gasteiger charge is -2.15. The van der Waals surface area contributed by atoms with Gasteiger partial charge in [0.1, 0.15) is 5.82 Å². The highest BCUT2D eigenvalue weighted by atomic mass is 32.2. The van der Waals surface area contributed by atoms with E-state index < -0.39 is 5.82 Å². The molecule has 0 saturated carbocycles. The molecule has 3 N–H and O–H groups in total. The Kier molecular flexibility index (Phi) is 5.28. The van der Waals surface area contributed by atoms with Crippen LogP contribution in [0.4, 0.5) is 10.1 Å². The fourth-order valence-corrected chi connectivity index (χ4v) is 2.12. The van der Waals surface area contributed by atoms with Crippen LogP contribution in [0.1, 0.15) is 23.7 Å². The van der Waals surface area contributed by atoms with E-state index in [9.17, 15) is 9.18 Å². The third kappa shape index (κ3) is 3.93. The highest BCUT2D eigenvalue weighted by Gasteiger charge is 2.12. The second-order valence-corrected chi connectivity index (χ2v) is 4.68. The molecular formula is C12H17FN2OS. The number of thioether (sulfide) groups is 1. The SMILES string of the molecule is CCC(CSC)NC(=O)c1ccc(N)c(F)c1. The van der Waals surface area contributed by atoms with Crippen molar-refractivity contribution in [2.45, 2.75) is 19.4 Å². The number of carbonyl (C=O) groups excluding carboxylic acids is 1. The van der Waals surface area contributed by atoms with E-state index in [1.54, 1.807) is 11.8 Å². The fraction of sp³-hybridized carbons (Fsp3) is 0.417. The molecule has 0 heterocycles. The number of hydrogen-bond donors (Lipinski definition) is 2. The van der Waals surface area contributed by atoms with E-state index in [1.807, 2.05) is 13.2 Å². The Balaban J connectivity index is 2.72. The first kappa shape index (κ1) is 13.8. The molecular weight excluding hydrogens is 239 g/mol. The molecule has 0 aromatic heterocycles. The van der Waals surface area contributed by atoms with Crippen molar-refractivity contribution < 1.29 is 9.18 Å². The first-order chi connectivity index (χ1) is 8.08. The van der Waals surface area contributed by atoms with Gasteiger partial charge in [0.05, 0.1) is 5.69 Å². The Morgan fingerprint density at radius 2 is 2.29 bits per heavy atom. The van der Waals surface area contributed by atoms with Crippen LogP contribution < -0.4 is 11.1 Å². The van der Waals surface area contributed by atoms with Gasteiger partial charge in [-0.25, -0.2) is 4.39 Å². The van der Waals surface area contributed by atoms with Crippen LogP contribution >= 0.6 is 11.8 Å². The lowest BCUT2D eigenvalue weighted by molar-refractivity contribution is 0.0939. The molecule has 0 saturated heterocycles. The predicted octanol–water partition coefficient (Wildman–Crippen LogP) is 2.28. The third-order valence-corrected chi connectivity index (χ3v) is 3.19. The largest absolute Gasteiger partial charge is 0.396 e. The minimum Gasteiger partial charge on any atom is -0.396 e. The van der Waals surface area contributed by atoms with Gasteiger partial charge >= 0.3 is 0 Å². The number of nitrogens with one attached hydrogen (secondary N) is 1. The summed E-state index contributed by atoms with van der Waals surface area (Å²) in [7, 11) is 0. The van der Waals surface area contributed by atoms with Gasteiger partial charge < -0.3 is 11.1 Å². The summed E-state index contributed by atoms with van der Waals surface area (Å²) in [5.41, 5.74) is 5.71. The van der Waals surface area contributed by atoms with E-state index in [0.29, 0.717) is 5.56 Å². The second kappa shape index (κ2) is 6.49. The van der Waals surface area contributed by atoms with Crippen molar-refractivity contribution in [3.05, 3.63) is 29.6 Å². The number of rotatable bonds is 5. The van der Waals surface area contributed by atoms with E-state index in [2.05, 4.69) is 5.32 Å². The molecule has 1 aromatic rings. The van der Waals surface area contributed by atoms with Crippen molar-refractivity contribution in [2.24, 2.45) is 0 Å². The van der Waals surface area contributed by atoms with E-state index in [4.69, 9.17) is 5.73 Å². The van der Waals surface area contributed by atoms with Crippen molar-refractivity contribution in [1.29, 1.82) is 0 Å². The van der Waals surface area contributed by atoms with Crippen LogP contribution in [-0.4, -0.2) is 24.0 Å². The smallest absolute Gasteiger partial charge is 0.251 e. The van der Waals surface area contributed by atoms with Crippen molar-refractivity contribution in [1.82, 2.24) is 5.32 Å². The van der Waals surface area contributed by atoms with Gasteiger partial charge in [-0.3, -0.25) is 4.79 Å². The van der Waals surface area contributed by atoms with Crippen molar-refractivity contribution in [2.75, 3.05) is 17.7 Å². The molecule has 3 nitrogen and oxygen atoms in total. The molecule has 5 heteroatoms. The zero-order valence-electron chi connectivity index (χ0n) is 10.00. The number of carbonyl (C=O) groups is 1. The van der Waals surface area contributed by atoms with Crippen LogP contribution in [0.5, 0.6) is 0 Å². The molecule has 1 atom stereocenters. The standard InChI is InChI=1S/C12H17FN2OS/c1-3-9(7-17-2)15-12(16)8-4-5-11(14)10(13)6-8/h4-6,9H,3,7,14H2,1-2H3,(H,15,16). The number of halogens is 1. The number of hydrogen-bond acceptors (Lipinski definition) is 3. The van der Waals surface area contributed by atoms with Crippen LogP contribution in [0.2, 0.25) is 0 Å². The number of benzene rings is 1. The number of amides is 1. The average Bonchev–Trinajstić information content (AvgIpc) is 2.31. The highest BCUT2D eigenvalue weighted by molar-refractivity contribution is 7.98. The van der Waals surface area contributed by atoms with E-state index in [-0.39, 0.29) is 17.6 Å². The van der Waals surface area contributed by atoms with Crippen LogP contribution in [-0.2, 0) is 0 Å². The normalized spacial score (nSPS) is 12.2. The lowest BCUT2D eigenvalue weighted by Crippen LogP contribution is -2.36. The topological polar surface area (TPSA) is 55.1 Å². The van der Waals surface area contributed by atoms with Gasteiger partial charge in [-0.1, -0.05) is 6.92 Å². The maximum Gasteiger partial charge on any atom is 0.251 e. The second-order valence-electron chi connectivity index (χ2n) is 3.77. The lowest BCUT2D eigenvalue weighted by atomic mass is 10.1. The summed E-state index contributed by atoms with van der Waals surface area (Å²) in [4.78, 5) is 11.8. The molecule has 1 aromatic carbocycles. The number of anilines is 1. The summed E-state index contributed by atoms with van der Waals surface area (Å²) in [6.45, 7) is 2.00. The summed E-state index contributed by atoms with van der Waals surface area (Å²) < 4.78 is 13.2. The molecule has 0 bridgehead atoms. The van der Waals surface area contributed by atoms with Gasteiger partial charge in [0.15, 0.2) is 0 Å². The summed E-state index contributed by atoms with van der Waals surface area (Å²) >= 11 is 1.67. The molecule has 0 spiro atoms. The van der Waals surface area contributed by atoms with E-state index in [0.717, 1.165) is 18.2 Å².